The molecule has 0 saturated heterocycles. The molecule has 50 heavy (non-hydrogen) atoms. The Morgan fingerprint density at radius 1 is 1.04 bits per heavy atom. The maximum atomic E-state index is 14.5. The van der Waals surface area contributed by atoms with Gasteiger partial charge in [0.25, 0.3) is 15.9 Å². The van der Waals surface area contributed by atoms with Crippen molar-refractivity contribution in [3.05, 3.63) is 83.3 Å². The summed E-state index contributed by atoms with van der Waals surface area (Å²) in [5, 5.41) is 0. The van der Waals surface area contributed by atoms with E-state index < -0.39 is 16.1 Å². The minimum atomic E-state index is -4.19. The van der Waals surface area contributed by atoms with Gasteiger partial charge in [0, 0.05) is 30.8 Å². The van der Waals surface area contributed by atoms with Gasteiger partial charge >= 0.3 is 0 Å². The monoisotopic (exact) mass is 701 g/mol. The van der Waals surface area contributed by atoms with Crippen LogP contribution < -0.4 is 14.4 Å². The highest BCUT2D eigenvalue weighted by molar-refractivity contribution is 7.92. The number of fused-ring (bicyclic) bond motifs is 4. The number of benzene rings is 2. The molecule has 3 heterocycles. The quantitative estimate of drug-likeness (QED) is 0.219. The first-order valence-electron chi connectivity index (χ1n) is 16.8. The number of aromatic nitrogens is 4. The summed E-state index contributed by atoms with van der Waals surface area (Å²) in [4.78, 5) is 36.5. The first-order valence-corrected chi connectivity index (χ1v) is 18.2. The van der Waals surface area contributed by atoms with E-state index in [9.17, 15) is 13.2 Å². The van der Waals surface area contributed by atoms with E-state index in [-0.39, 0.29) is 52.9 Å². The van der Waals surface area contributed by atoms with Gasteiger partial charge in [0.1, 0.15) is 12.4 Å². The summed E-state index contributed by atoms with van der Waals surface area (Å²) < 4.78 is 42.1. The van der Waals surface area contributed by atoms with Crippen molar-refractivity contribution in [1.29, 1.82) is 0 Å². The molecule has 2 aromatic heterocycles. The van der Waals surface area contributed by atoms with E-state index in [1.807, 2.05) is 57.8 Å². The summed E-state index contributed by atoms with van der Waals surface area (Å²) in [6.07, 6.45) is 4.00. The minimum absolute atomic E-state index is 0.0810. The van der Waals surface area contributed by atoms with Crippen LogP contribution in [-0.4, -0.2) is 78.1 Å². The van der Waals surface area contributed by atoms with Crippen LogP contribution in [0, 0.1) is 19.3 Å². The third-order valence-corrected chi connectivity index (χ3v) is 9.63. The number of rotatable bonds is 9. The third-order valence-electron chi connectivity index (χ3n) is 8.30. The van der Waals surface area contributed by atoms with E-state index in [1.54, 1.807) is 35.5 Å². The Labute approximate surface area is 295 Å². The maximum Gasteiger partial charge on any atom is 0.264 e. The summed E-state index contributed by atoms with van der Waals surface area (Å²) in [5.41, 5.74) is 3.88. The predicted molar refractivity (Wildman–Crippen MR) is 194 cm³/mol. The van der Waals surface area contributed by atoms with E-state index in [0.717, 1.165) is 16.7 Å². The molecule has 2 aromatic carbocycles. The van der Waals surface area contributed by atoms with Gasteiger partial charge in [-0.3, -0.25) is 9.78 Å². The number of anilines is 2. The molecule has 5 rings (SSSR count). The summed E-state index contributed by atoms with van der Waals surface area (Å²) in [7, 11) is -2.27. The Morgan fingerprint density at radius 3 is 2.46 bits per heavy atom. The van der Waals surface area contributed by atoms with Gasteiger partial charge in [-0.15, -0.1) is 0 Å². The van der Waals surface area contributed by atoms with Gasteiger partial charge in [-0.2, -0.15) is 4.98 Å². The van der Waals surface area contributed by atoms with Crippen LogP contribution in [0.1, 0.15) is 68.2 Å². The molecule has 0 aliphatic carbocycles. The van der Waals surface area contributed by atoms with Gasteiger partial charge in [0.15, 0.2) is 0 Å². The SMILES string of the molecule is Cc1cccc(C)c1-c1cc2nc(n1)NS(=O)(=O)c1cccc(c1)C(=O)N(Cc1cncc(N(C)CCOC(C)C)n1)[C@H](CC(C)(C)C)CO2. The number of amides is 1. The first-order chi connectivity index (χ1) is 23.6. The number of carbonyl (C=O) groups excluding carboxylic acids is 1. The summed E-state index contributed by atoms with van der Waals surface area (Å²) >= 11 is 0. The first kappa shape index (κ1) is 36.7. The molecule has 0 fully saturated rings. The highest BCUT2D eigenvalue weighted by atomic mass is 32.2. The van der Waals surface area contributed by atoms with Crippen LogP contribution >= 0.6 is 0 Å². The standard InChI is InChI=1S/C37H47N7O5S/c1-24(2)48-16-15-43(8)32-21-38-20-28(39-32)22-44-29(19-37(5,6)7)23-49-33-18-31(34-25(3)11-9-12-26(34)4)40-36(41-33)42-50(46,47)30-14-10-13-27(17-30)35(44)45/h9-14,17-18,20-21,24,29H,15-16,19,22-23H2,1-8H3,(H,40,41,42)/t29-/m1/s1. The molecule has 13 heteroatoms. The number of sulfonamides is 1. The third kappa shape index (κ3) is 9.13. The second-order valence-corrected chi connectivity index (χ2v) is 15.9. The average molecular weight is 702 g/mol. The fourth-order valence-electron chi connectivity index (χ4n) is 5.92. The number of hydrogen-bond donors (Lipinski definition) is 1. The Balaban J connectivity index is 1.60. The molecular formula is C37H47N7O5S. The van der Waals surface area contributed by atoms with Crippen molar-refractivity contribution < 1.29 is 22.7 Å². The van der Waals surface area contributed by atoms with Crippen molar-refractivity contribution in [1.82, 2.24) is 24.8 Å². The Kier molecular flexibility index (Phi) is 11.1. The number of nitrogens with zero attached hydrogens (tertiary/aromatic N) is 6. The van der Waals surface area contributed by atoms with Crippen LogP contribution in [0.5, 0.6) is 5.88 Å². The molecule has 1 aliphatic heterocycles. The van der Waals surface area contributed by atoms with Crippen molar-refractivity contribution in [2.24, 2.45) is 5.41 Å². The van der Waals surface area contributed by atoms with Gasteiger partial charge in [0.2, 0.25) is 11.8 Å². The lowest BCUT2D eigenvalue weighted by molar-refractivity contribution is 0.0509. The smallest absolute Gasteiger partial charge is 0.264 e. The van der Waals surface area contributed by atoms with E-state index in [1.165, 1.54) is 12.1 Å². The number of ether oxygens (including phenoxy) is 2. The largest absolute Gasteiger partial charge is 0.475 e. The summed E-state index contributed by atoms with van der Waals surface area (Å²) in [5.74, 6) is 0.331. The fraction of sp³-hybridized carbons (Fsp3) is 0.432. The van der Waals surface area contributed by atoms with Crippen molar-refractivity contribution in [3.63, 3.8) is 0 Å². The zero-order valence-electron chi connectivity index (χ0n) is 30.1. The number of hydrogen-bond acceptors (Lipinski definition) is 10. The number of aryl methyl sites for hydroxylation is 2. The summed E-state index contributed by atoms with van der Waals surface area (Å²) in [6, 6.07) is 13.2. The second-order valence-electron chi connectivity index (χ2n) is 14.2. The van der Waals surface area contributed by atoms with Crippen molar-refractivity contribution >= 4 is 27.7 Å². The minimum Gasteiger partial charge on any atom is -0.475 e. The molecule has 0 radical (unpaired) electrons. The Morgan fingerprint density at radius 2 is 1.76 bits per heavy atom. The van der Waals surface area contributed by atoms with Gasteiger partial charge in [0.05, 0.1) is 54.0 Å². The van der Waals surface area contributed by atoms with Crippen LogP contribution in [0.2, 0.25) is 0 Å². The van der Waals surface area contributed by atoms with Gasteiger partial charge in [-0.05, 0) is 68.9 Å². The molecule has 266 valence electrons. The zero-order chi connectivity index (χ0) is 36.2. The molecule has 1 atom stereocenters. The van der Waals surface area contributed by atoms with Crippen molar-refractivity contribution in [2.45, 2.75) is 78.5 Å². The molecule has 12 nitrogen and oxygen atoms in total. The molecule has 0 spiro atoms. The number of carbonyl (C=O) groups is 1. The molecule has 1 aliphatic rings. The van der Waals surface area contributed by atoms with E-state index in [0.29, 0.717) is 36.8 Å². The van der Waals surface area contributed by atoms with Crippen LogP contribution in [0.3, 0.4) is 0 Å². The lowest BCUT2D eigenvalue weighted by atomic mass is 9.87. The highest BCUT2D eigenvalue weighted by Gasteiger charge is 2.32. The topological polar surface area (TPSA) is 140 Å². The lowest BCUT2D eigenvalue weighted by Gasteiger charge is -2.35. The van der Waals surface area contributed by atoms with E-state index in [2.05, 4.69) is 40.4 Å². The molecule has 0 unspecified atom stereocenters. The average Bonchev–Trinajstić information content (AvgIpc) is 3.04. The fourth-order valence-corrected chi connectivity index (χ4v) is 6.91. The normalized spacial score (nSPS) is 16.1. The molecule has 1 amide bonds. The highest BCUT2D eigenvalue weighted by Crippen LogP contribution is 2.32. The van der Waals surface area contributed by atoms with E-state index >= 15 is 0 Å². The number of nitrogens with one attached hydrogen (secondary N) is 1. The molecule has 0 saturated carbocycles. The van der Waals surface area contributed by atoms with E-state index in [4.69, 9.17) is 14.5 Å². The van der Waals surface area contributed by atoms with Crippen LogP contribution in [0.15, 0.2) is 65.8 Å². The van der Waals surface area contributed by atoms with Crippen molar-refractivity contribution in [3.8, 4) is 17.1 Å². The molecule has 4 aromatic rings. The van der Waals surface area contributed by atoms with Gasteiger partial charge < -0.3 is 19.3 Å². The molecule has 4 bridgehead atoms. The maximum absolute atomic E-state index is 14.5. The van der Waals surface area contributed by atoms with Gasteiger partial charge in [-0.25, -0.2) is 23.1 Å². The molecular weight excluding hydrogens is 655 g/mol. The summed E-state index contributed by atoms with van der Waals surface area (Å²) in [6.45, 7) is 15.6. The van der Waals surface area contributed by atoms with Crippen LogP contribution in [0.25, 0.3) is 11.3 Å². The molecule has 1 N–H and O–H groups in total. The Bertz CT molecular complexity index is 1920. The lowest BCUT2D eigenvalue weighted by Crippen LogP contribution is -2.45. The van der Waals surface area contributed by atoms with Crippen LogP contribution in [0.4, 0.5) is 11.8 Å². The predicted octanol–water partition coefficient (Wildman–Crippen LogP) is 6.05. The van der Waals surface area contributed by atoms with Crippen LogP contribution in [-0.2, 0) is 21.3 Å². The zero-order valence-corrected chi connectivity index (χ0v) is 30.9. The Hall–Kier alpha value is -4.62. The van der Waals surface area contributed by atoms with Gasteiger partial charge in [-0.1, -0.05) is 45.0 Å². The number of likely N-dealkylation sites (N-methyl/N-ethyl adjacent to an activating group) is 1. The second kappa shape index (κ2) is 15.1. The van der Waals surface area contributed by atoms with Crippen molar-refractivity contribution in [2.75, 3.05) is 36.4 Å².